The van der Waals surface area contributed by atoms with E-state index >= 15 is 0 Å². The normalized spacial score (nSPS) is 20.6. The minimum Gasteiger partial charge on any atom is -0.493 e. The lowest BCUT2D eigenvalue weighted by molar-refractivity contribution is 0.174. The number of hydrogen-bond donors (Lipinski definition) is 0. The molecule has 2 aliphatic heterocycles. The van der Waals surface area contributed by atoms with Gasteiger partial charge in [-0.3, -0.25) is 0 Å². The molecule has 4 nitrogen and oxygen atoms in total. The zero-order chi connectivity index (χ0) is 17.4. The van der Waals surface area contributed by atoms with E-state index in [1.165, 1.54) is 11.1 Å². The predicted molar refractivity (Wildman–Crippen MR) is 96.8 cm³/mol. The van der Waals surface area contributed by atoms with Crippen molar-refractivity contribution in [1.29, 1.82) is 0 Å². The molecular weight excluding hydrogens is 316 g/mol. The molecular formula is C21H22O4. The van der Waals surface area contributed by atoms with Crippen LogP contribution >= 0.6 is 0 Å². The Bertz CT molecular complexity index is 825. The zero-order valence-corrected chi connectivity index (χ0v) is 14.7. The van der Waals surface area contributed by atoms with Crippen LogP contribution in [0.2, 0.25) is 0 Å². The first-order valence-electron chi connectivity index (χ1n) is 8.59. The highest BCUT2D eigenvalue weighted by Gasteiger charge is 2.34. The first-order valence-corrected chi connectivity index (χ1v) is 8.59. The van der Waals surface area contributed by atoms with E-state index < -0.39 is 0 Å². The van der Waals surface area contributed by atoms with Gasteiger partial charge in [0.25, 0.3) is 0 Å². The second kappa shape index (κ2) is 6.36. The molecule has 25 heavy (non-hydrogen) atoms. The molecule has 2 heterocycles. The van der Waals surface area contributed by atoms with Gasteiger partial charge in [0, 0.05) is 17.9 Å². The number of allylic oxidation sites excluding steroid dienone is 1. The van der Waals surface area contributed by atoms with Crippen molar-refractivity contribution in [3.05, 3.63) is 53.1 Å². The number of rotatable bonds is 4. The van der Waals surface area contributed by atoms with Crippen molar-refractivity contribution in [2.45, 2.75) is 32.3 Å². The number of hydrogen-bond acceptors (Lipinski definition) is 4. The molecule has 0 aromatic heterocycles. The standard InChI is InChI=1S/C21H22O4/c1-4-5-14-8-16-13(2)18(25-21(16)20(11-14)22-3)9-15-6-7-17-19(10-15)24-12-23-17/h4-8,10-11,13,18H,9,12H2,1-3H3/b5-4+/t13-,18-/m1/s1. The maximum atomic E-state index is 6.28. The molecule has 2 atom stereocenters. The number of fused-ring (bicyclic) bond motifs is 2. The van der Waals surface area contributed by atoms with E-state index in [1.807, 2.05) is 31.2 Å². The van der Waals surface area contributed by atoms with Crippen LogP contribution in [-0.2, 0) is 6.42 Å². The summed E-state index contributed by atoms with van der Waals surface area (Å²) >= 11 is 0. The Labute approximate surface area is 148 Å². The largest absolute Gasteiger partial charge is 0.493 e. The lowest BCUT2D eigenvalue weighted by Gasteiger charge is -2.16. The Kier molecular flexibility index (Phi) is 4.04. The van der Waals surface area contributed by atoms with E-state index in [0.717, 1.165) is 35.0 Å². The van der Waals surface area contributed by atoms with E-state index in [1.54, 1.807) is 7.11 Å². The van der Waals surface area contributed by atoms with Gasteiger partial charge in [0.05, 0.1) is 7.11 Å². The summed E-state index contributed by atoms with van der Waals surface area (Å²) in [6, 6.07) is 10.3. The molecule has 0 unspecified atom stereocenters. The summed E-state index contributed by atoms with van der Waals surface area (Å²) in [7, 11) is 1.69. The first-order chi connectivity index (χ1) is 12.2. The summed E-state index contributed by atoms with van der Waals surface area (Å²) in [5.41, 5.74) is 3.53. The highest BCUT2D eigenvalue weighted by atomic mass is 16.7. The van der Waals surface area contributed by atoms with Crippen molar-refractivity contribution in [1.82, 2.24) is 0 Å². The summed E-state index contributed by atoms with van der Waals surface area (Å²) in [6.45, 7) is 4.52. The third kappa shape index (κ3) is 2.82. The number of benzene rings is 2. The Morgan fingerprint density at radius 1 is 1.16 bits per heavy atom. The van der Waals surface area contributed by atoms with Gasteiger partial charge in [-0.25, -0.2) is 0 Å². The SMILES string of the molecule is C/C=C/c1cc(OC)c2c(c1)[C@@H](C)[C@@H](Cc1ccc3c(c1)OCO3)O2. The van der Waals surface area contributed by atoms with Crippen molar-refractivity contribution in [2.24, 2.45) is 0 Å². The molecule has 2 aliphatic rings. The third-order valence-corrected chi connectivity index (χ3v) is 4.88. The van der Waals surface area contributed by atoms with E-state index in [-0.39, 0.29) is 6.10 Å². The van der Waals surface area contributed by atoms with Gasteiger partial charge in [0.15, 0.2) is 23.0 Å². The molecule has 4 heteroatoms. The third-order valence-electron chi connectivity index (χ3n) is 4.88. The van der Waals surface area contributed by atoms with Crippen molar-refractivity contribution in [2.75, 3.05) is 13.9 Å². The maximum absolute atomic E-state index is 6.28. The fraction of sp³-hybridized carbons (Fsp3) is 0.333. The van der Waals surface area contributed by atoms with E-state index in [4.69, 9.17) is 18.9 Å². The lowest BCUT2D eigenvalue weighted by atomic mass is 9.92. The van der Waals surface area contributed by atoms with Crippen molar-refractivity contribution in [3.8, 4) is 23.0 Å². The van der Waals surface area contributed by atoms with Crippen LogP contribution < -0.4 is 18.9 Å². The van der Waals surface area contributed by atoms with E-state index in [0.29, 0.717) is 12.7 Å². The summed E-state index contributed by atoms with van der Waals surface area (Å²) in [5, 5.41) is 0. The predicted octanol–water partition coefficient (Wildman–Crippen LogP) is 4.56. The van der Waals surface area contributed by atoms with Gasteiger partial charge in [0.2, 0.25) is 6.79 Å². The molecule has 0 saturated carbocycles. The van der Waals surface area contributed by atoms with Gasteiger partial charge in [0.1, 0.15) is 6.10 Å². The molecule has 0 N–H and O–H groups in total. The minimum atomic E-state index is 0.0742. The molecule has 4 rings (SSSR count). The highest BCUT2D eigenvalue weighted by molar-refractivity contribution is 5.61. The Morgan fingerprint density at radius 2 is 2.00 bits per heavy atom. The van der Waals surface area contributed by atoms with Crippen molar-refractivity contribution >= 4 is 6.08 Å². The smallest absolute Gasteiger partial charge is 0.231 e. The first kappa shape index (κ1) is 15.9. The van der Waals surface area contributed by atoms with Crippen LogP contribution in [0, 0.1) is 0 Å². The van der Waals surface area contributed by atoms with Crippen LogP contribution in [0.15, 0.2) is 36.4 Å². The van der Waals surface area contributed by atoms with Gasteiger partial charge >= 0.3 is 0 Å². The monoisotopic (exact) mass is 338 g/mol. The molecule has 130 valence electrons. The average molecular weight is 338 g/mol. The van der Waals surface area contributed by atoms with Crippen LogP contribution in [0.25, 0.3) is 6.08 Å². The topological polar surface area (TPSA) is 36.9 Å². The molecule has 0 radical (unpaired) electrons. The summed E-state index contributed by atoms with van der Waals surface area (Å²) in [4.78, 5) is 0. The second-order valence-corrected chi connectivity index (χ2v) is 6.48. The summed E-state index contributed by atoms with van der Waals surface area (Å²) < 4.78 is 22.7. The molecule has 0 saturated heterocycles. The average Bonchev–Trinajstić information content (AvgIpc) is 3.20. The van der Waals surface area contributed by atoms with Crippen LogP contribution in [0.4, 0.5) is 0 Å². The van der Waals surface area contributed by atoms with Crippen molar-refractivity contribution in [3.63, 3.8) is 0 Å². The fourth-order valence-electron chi connectivity index (χ4n) is 3.52. The van der Waals surface area contributed by atoms with E-state index in [2.05, 4.69) is 25.1 Å². The van der Waals surface area contributed by atoms with Gasteiger partial charge in [-0.05, 0) is 42.3 Å². The van der Waals surface area contributed by atoms with Gasteiger partial charge < -0.3 is 18.9 Å². The maximum Gasteiger partial charge on any atom is 0.231 e. The lowest BCUT2D eigenvalue weighted by Crippen LogP contribution is -2.19. The quantitative estimate of drug-likeness (QED) is 0.819. The van der Waals surface area contributed by atoms with Crippen LogP contribution in [0.5, 0.6) is 23.0 Å². The molecule has 0 aliphatic carbocycles. The van der Waals surface area contributed by atoms with Gasteiger partial charge in [-0.15, -0.1) is 0 Å². The van der Waals surface area contributed by atoms with Crippen LogP contribution in [0.1, 0.15) is 36.5 Å². The molecule has 2 aromatic rings. The van der Waals surface area contributed by atoms with Gasteiger partial charge in [-0.2, -0.15) is 0 Å². The molecule has 0 amide bonds. The molecule has 0 bridgehead atoms. The Balaban J connectivity index is 1.60. The molecule has 0 spiro atoms. The highest BCUT2D eigenvalue weighted by Crippen LogP contribution is 2.46. The number of ether oxygens (including phenoxy) is 4. The Morgan fingerprint density at radius 3 is 2.80 bits per heavy atom. The second-order valence-electron chi connectivity index (χ2n) is 6.48. The van der Waals surface area contributed by atoms with Gasteiger partial charge in [-0.1, -0.05) is 25.1 Å². The van der Waals surface area contributed by atoms with E-state index in [9.17, 15) is 0 Å². The molecule has 2 aromatic carbocycles. The molecule has 0 fully saturated rings. The minimum absolute atomic E-state index is 0.0742. The zero-order valence-electron chi connectivity index (χ0n) is 14.7. The summed E-state index contributed by atoms with van der Waals surface area (Å²) in [6.07, 6.45) is 5.01. The fourth-order valence-corrected chi connectivity index (χ4v) is 3.52. The van der Waals surface area contributed by atoms with Crippen LogP contribution in [0.3, 0.4) is 0 Å². The summed E-state index contributed by atoms with van der Waals surface area (Å²) in [5.74, 6) is 3.58. The van der Waals surface area contributed by atoms with Crippen LogP contribution in [-0.4, -0.2) is 20.0 Å². The van der Waals surface area contributed by atoms with Crippen molar-refractivity contribution < 1.29 is 18.9 Å². The Hall–Kier alpha value is -2.62. The number of methoxy groups -OCH3 is 1.